The Bertz CT molecular complexity index is 307. The highest BCUT2D eigenvalue weighted by atomic mass is 35.5. The normalized spacial score (nSPS) is 10.5. The second-order valence-corrected chi connectivity index (χ2v) is 5.41. The van der Waals surface area contributed by atoms with Gasteiger partial charge in [0.1, 0.15) is 0 Å². The van der Waals surface area contributed by atoms with E-state index in [1.165, 1.54) is 4.88 Å². The van der Waals surface area contributed by atoms with E-state index in [0.717, 1.165) is 25.8 Å². The summed E-state index contributed by atoms with van der Waals surface area (Å²) in [5, 5.41) is 2.08. The van der Waals surface area contributed by atoms with Crippen LogP contribution in [0.5, 0.6) is 0 Å². The predicted molar refractivity (Wildman–Crippen MR) is 74.8 cm³/mol. The van der Waals surface area contributed by atoms with E-state index in [1.807, 2.05) is 4.90 Å². The van der Waals surface area contributed by atoms with Gasteiger partial charge in [-0.05, 0) is 30.7 Å². The summed E-state index contributed by atoms with van der Waals surface area (Å²) in [4.78, 5) is 15.2. The third-order valence-corrected chi connectivity index (χ3v) is 3.70. The van der Waals surface area contributed by atoms with Gasteiger partial charge >= 0.3 is 0 Å². The molecule has 1 heterocycles. The van der Waals surface area contributed by atoms with E-state index in [0.29, 0.717) is 18.8 Å². The monoisotopic (exact) mass is 273 g/mol. The highest BCUT2D eigenvalue weighted by Gasteiger charge is 2.11. The molecule has 0 aliphatic carbocycles. The molecule has 0 aromatic carbocycles. The number of halogens is 1. The first-order chi connectivity index (χ1) is 8.27. The summed E-state index contributed by atoms with van der Waals surface area (Å²) in [5.41, 5.74) is 0. The lowest BCUT2D eigenvalue weighted by atomic mass is 10.2. The number of amides is 1. The Morgan fingerprint density at radius 2 is 2.29 bits per heavy atom. The van der Waals surface area contributed by atoms with Gasteiger partial charge in [-0.15, -0.1) is 22.9 Å². The maximum atomic E-state index is 11.9. The Morgan fingerprint density at radius 3 is 2.88 bits per heavy atom. The first kappa shape index (κ1) is 14.5. The highest BCUT2D eigenvalue weighted by molar-refractivity contribution is 7.09. The standard InChI is InChI=1S/C13H20ClNOS/c1-2-9-15(10-8-14)13(16)7-3-5-12-6-4-11-17-12/h4,6,11H,2-3,5,7-10H2,1H3. The molecular formula is C13H20ClNOS. The van der Waals surface area contributed by atoms with Crippen LogP contribution in [-0.4, -0.2) is 29.8 Å². The van der Waals surface area contributed by atoms with Crippen molar-refractivity contribution in [3.63, 3.8) is 0 Å². The average molecular weight is 274 g/mol. The smallest absolute Gasteiger partial charge is 0.222 e. The largest absolute Gasteiger partial charge is 0.342 e. The van der Waals surface area contributed by atoms with Gasteiger partial charge < -0.3 is 4.90 Å². The molecule has 17 heavy (non-hydrogen) atoms. The lowest BCUT2D eigenvalue weighted by Crippen LogP contribution is -2.33. The summed E-state index contributed by atoms with van der Waals surface area (Å²) in [6, 6.07) is 4.18. The van der Waals surface area contributed by atoms with Gasteiger partial charge in [0.2, 0.25) is 5.91 Å². The third-order valence-electron chi connectivity index (χ3n) is 2.59. The molecule has 0 N–H and O–H groups in total. The van der Waals surface area contributed by atoms with Crippen molar-refractivity contribution >= 4 is 28.8 Å². The van der Waals surface area contributed by atoms with E-state index in [1.54, 1.807) is 11.3 Å². The molecule has 0 saturated carbocycles. The molecule has 0 aliphatic heterocycles. The molecule has 4 heteroatoms. The van der Waals surface area contributed by atoms with Crippen molar-refractivity contribution in [2.24, 2.45) is 0 Å². The van der Waals surface area contributed by atoms with E-state index in [9.17, 15) is 4.79 Å². The molecule has 0 bridgehead atoms. The van der Waals surface area contributed by atoms with E-state index in [4.69, 9.17) is 11.6 Å². The van der Waals surface area contributed by atoms with E-state index in [-0.39, 0.29) is 5.91 Å². The minimum Gasteiger partial charge on any atom is -0.342 e. The Kier molecular flexibility index (Phi) is 7.29. The molecule has 0 fully saturated rings. The van der Waals surface area contributed by atoms with Crippen LogP contribution in [0.1, 0.15) is 31.1 Å². The van der Waals surface area contributed by atoms with Crippen LogP contribution in [-0.2, 0) is 11.2 Å². The lowest BCUT2D eigenvalue weighted by Gasteiger charge is -2.20. The number of thiophene rings is 1. The third kappa shape index (κ3) is 5.55. The van der Waals surface area contributed by atoms with Gasteiger partial charge in [-0.3, -0.25) is 4.79 Å². The molecule has 0 unspecified atom stereocenters. The van der Waals surface area contributed by atoms with Gasteiger partial charge in [0.15, 0.2) is 0 Å². The number of alkyl halides is 1. The molecule has 0 spiro atoms. The maximum absolute atomic E-state index is 11.9. The van der Waals surface area contributed by atoms with Crippen LogP contribution in [0, 0.1) is 0 Å². The maximum Gasteiger partial charge on any atom is 0.222 e. The van der Waals surface area contributed by atoms with Gasteiger partial charge in [-0.25, -0.2) is 0 Å². The summed E-state index contributed by atoms with van der Waals surface area (Å²) in [6.07, 6.45) is 3.56. The van der Waals surface area contributed by atoms with Crippen LogP contribution in [0.2, 0.25) is 0 Å². The number of aryl methyl sites for hydroxylation is 1. The fraction of sp³-hybridized carbons (Fsp3) is 0.615. The predicted octanol–water partition coefficient (Wildman–Crippen LogP) is 3.55. The van der Waals surface area contributed by atoms with Crippen molar-refractivity contribution in [3.8, 4) is 0 Å². The Hall–Kier alpha value is -0.540. The summed E-state index contributed by atoms with van der Waals surface area (Å²) in [5.74, 6) is 0.764. The van der Waals surface area contributed by atoms with Crippen LogP contribution in [0.3, 0.4) is 0 Å². The summed E-state index contributed by atoms with van der Waals surface area (Å²) < 4.78 is 0. The van der Waals surface area contributed by atoms with Crippen LogP contribution in [0.4, 0.5) is 0 Å². The molecule has 1 rings (SSSR count). The zero-order chi connectivity index (χ0) is 12.5. The molecule has 0 saturated heterocycles. The summed E-state index contributed by atoms with van der Waals surface area (Å²) in [6.45, 7) is 3.58. The Balaban J connectivity index is 2.26. The van der Waals surface area contributed by atoms with Crippen molar-refractivity contribution < 1.29 is 4.79 Å². The Morgan fingerprint density at radius 1 is 1.47 bits per heavy atom. The van der Waals surface area contributed by atoms with Crippen molar-refractivity contribution in [2.75, 3.05) is 19.0 Å². The molecule has 0 atom stereocenters. The van der Waals surface area contributed by atoms with Crippen molar-refractivity contribution in [2.45, 2.75) is 32.6 Å². The fourth-order valence-corrected chi connectivity index (χ4v) is 2.72. The molecule has 0 aliphatic rings. The molecule has 0 radical (unpaired) electrons. The topological polar surface area (TPSA) is 20.3 Å². The van der Waals surface area contributed by atoms with Crippen molar-refractivity contribution in [1.29, 1.82) is 0 Å². The number of hydrogen-bond acceptors (Lipinski definition) is 2. The van der Waals surface area contributed by atoms with Gasteiger partial charge in [0, 0.05) is 30.3 Å². The SMILES string of the molecule is CCCN(CCCl)C(=O)CCCc1cccs1. The lowest BCUT2D eigenvalue weighted by molar-refractivity contribution is -0.131. The summed E-state index contributed by atoms with van der Waals surface area (Å²) >= 11 is 7.46. The number of hydrogen-bond donors (Lipinski definition) is 0. The zero-order valence-corrected chi connectivity index (χ0v) is 11.9. The number of nitrogens with zero attached hydrogens (tertiary/aromatic N) is 1. The minimum atomic E-state index is 0.240. The minimum absolute atomic E-state index is 0.240. The number of carbonyl (C=O) groups is 1. The van der Waals surface area contributed by atoms with Crippen LogP contribution >= 0.6 is 22.9 Å². The first-order valence-electron chi connectivity index (χ1n) is 6.14. The van der Waals surface area contributed by atoms with Crippen LogP contribution < -0.4 is 0 Å². The van der Waals surface area contributed by atoms with Gasteiger partial charge in [-0.1, -0.05) is 13.0 Å². The number of carbonyl (C=O) groups excluding carboxylic acids is 1. The van der Waals surface area contributed by atoms with Gasteiger partial charge in [-0.2, -0.15) is 0 Å². The van der Waals surface area contributed by atoms with Crippen molar-refractivity contribution in [3.05, 3.63) is 22.4 Å². The summed E-state index contributed by atoms with van der Waals surface area (Å²) in [7, 11) is 0. The molecule has 1 aromatic rings. The van der Waals surface area contributed by atoms with E-state index >= 15 is 0 Å². The molecular weight excluding hydrogens is 254 g/mol. The molecule has 1 aromatic heterocycles. The molecule has 96 valence electrons. The Labute approximate surface area is 113 Å². The second kappa shape index (κ2) is 8.54. The van der Waals surface area contributed by atoms with Gasteiger partial charge in [0.05, 0.1) is 0 Å². The quantitative estimate of drug-likeness (QED) is 0.664. The molecule has 1 amide bonds. The van der Waals surface area contributed by atoms with Crippen LogP contribution in [0.15, 0.2) is 17.5 Å². The second-order valence-electron chi connectivity index (χ2n) is 4.00. The van der Waals surface area contributed by atoms with E-state index < -0.39 is 0 Å². The number of rotatable bonds is 8. The first-order valence-corrected chi connectivity index (χ1v) is 7.55. The van der Waals surface area contributed by atoms with Gasteiger partial charge in [0.25, 0.3) is 0 Å². The van der Waals surface area contributed by atoms with Crippen molar-refractivity contribution in [1.82, 2.24) is 4.90 Å². The highest BCUT2D eigenvalue weighted by Crippen LogP contribution is 2.12. The zero-order valence-electron chi connectivity index (χ0n) is 10.3. The van der Waals surface area contributed by atoms with Crippen LogP contribution in [0.25, 0.3) is 0 Å². The van der Waals surface area contributed by atoms with E-state index in [2.05, 4.69) is 24.4 Å². The average Bonchev–Trinajstić information content (AvgIpc) is 2.81. The molecule has 2 nitrogen and oxygen atoms in total. The fourth-order valence-electron chi connectivity index (χ4n) is 1.76.